The molecule has 1 unspecified atom stereocenters. The quantitative estimate of drug-likeness (QED) is 0.510. The number of nitrogens with zero attached hydrogens (tertiary/aromatic N) is 4. The molecule has 2 aromatic heterocycles. The van der Waals surface area contributed by atoms with E-state index >= 15 is 0 Å². The summed E-state index contributed by atoms with van der Waals surface area (Å²) in [5.74, 6) is -0.300. The highest BCUT2D eigenvalue weighted by molar-refractivity contribution is 5.96. The molecule has 0 radical (unpaired) electrons. The van der Waals surface area contributed by atoms with Gasteiger partial charge in [0.25, 0.3) is 0 Å². The number of halogens is 2. The topological polar surface area (TPSA) is 72.8 Å². The third-order valence-corrected chi connectivity index (χ3v) is 4.78. The number of nitrogens with one attached hydrogen (secondary N) is 1. The van der Waals surface area contributed by atoms with E-state index in [2.05, 4.69) is 25.5 Å². The third-order valence-electron chi connectivity index (χ3n) is 4.78. The molecule has 4 rings (SSSR count). The minimum atomic E-state index is -0.661. The summed E-state index contributed by atoms with van der Waals surface area (Å²) in [7, 11) is 1.51. The molecule has 0 fully saturated rings. The van der Waals surface area contributed by atoms with Crippen molar-refractivity contribution in [3.05, 3.63) is 71.8 Å². The summed E-state index contributed by atoms with van der Waals surface area (Å²) in [4.78, 5) is 8.67. The lowest BCUT2D eigenvalue weighted by atomic mass is 10.0. The fourth-order valence-corrected chi connectivity index (χ4v) is 3.20. The molecule has 6 nitrogen and oxygen atoms in total. The number of fused-ring (bicyclic) bond motifs is 1. The summed E-state index contributed by atoms with van der Waals surface area (Å²) in [5, 5.41) is 12.2. The van der Waals surface area contributed by atoms with Gasteiger partial charge < -0.3 is 10.1 Å². The van der Waals surface area contributed by atoms with Gasteiger partial charge in [0.05, 0.1) is 24.5 Å². The Hall–Kier alpha value is -3.68. The van der Waals surface area contributed by atoms with Crippen LogP contribution in [0.4, 0.5) is 14.6 Å². The molecule has 0 saturated heterocycles. The van der Waals surface area contributed by atoms with Crippen LogP contribution in [-0.4, -0.2) is 27.3 Å². The molecule has 0 aliphatic heterocycles. The number of hydrogen-bond acceptors (Lipinski definition) is 6. The van der Waals surface area contributed by atoms with Gasteiger partial charge in [-0.25, -0.2) is 18.7 Å². The summed E-state index contributed by atoms with van der Waals surface area (Å²) < 4.78 is 33.2. The van der Waals surface area contributed by atoms with Gasteiger partial charge in [-0.1, -0.05) is 0 Å². The normalized spacial score (nSPS) is 12.0. The maximum absolute atomic E-state index is 14.4. The van der Waals surface area contributed by atoms with Crippen LogP contribution in [0.15, 0.2) is 48.8 Å². The molecule has 8 heteroatoms. The Morgan fingerprint density at radius 2 is 1.83 bits per heavy atom. The first-order chi connectivity index (χ1) is 14.5. The maximum Gasteiger partial charge on any atom is 0.145 e. The zero-order valence-corrected chi connectivity index (χ0v) is 16.6. The van der Waals surface area contributed by atoms with Crippen LogP contribution in [-0.2, 0) is 0 Å². The van der Waals surface area contributed by atoms with Crippen LogP contribution in [0.25, 0.3) is 22.0 Å². The minimum absolute atomic E-state index is 0.187. The van der Waals surface area contributed by atoms with Crippen molar-refractivity contribution in [1.29, 1.82) is 0 Å². The van der Waals surface area contributed by atoms with Gasteiger partial charge >= 0.3 is 0 Å². The van der Waals surface area contributed by atoms with Gasteiger partial charge in [-0.15, -0.1) is 0 Å². The van der Waals surface area contributed by atoms with E-state index < -0.39 is 11.6 Å². The fourth-order valence-electron chi connectivity index (χ4n) is 3.20. The molecule has 0 aliphatic carbocycles. The fraction of sp³-hybridized carbons (Fsp3) is 0.182. The smallest absolute Gasteiger partial charge is 0.145 e. The zero-order valence-electron chi connectivity index (χ0n) is 16.6. The Morgan fingerprint density at radius 3 is 2.53 bits per heavy atom. The molecule has 152 valence electrons. The molecule has 1 N–H and O–H groups in total. The Bertz CT molecular complexity index is 1210. The average molecular weight is 407 g/mol. The van der Waals surface area contributed by atoms with E-state index in [0.29, 0.717) is 28.0 Å². The highest BCUT2D eigenvalue weighted by Crippen LogP contribution is 2.35. The molecule has 30 heavy (non-hydrogen) atoms. The van der Waals surface area contributed by atoms with Crippen LogP contribution in [0, 0.1) is 18.6 Å². The van der Waals surface area contributed by atoms with Crippen molar-refractivity contribution >= 4 is 16.7 Å². The molecule has 0 aliphatic rings. The molecule has 0 amide bonds. The van der Waals surface area contributed by atoms with Crippen LogP contribution in [0.3, 0.4) is 0 Å². The van der Waals surface area contributed by atoms with E-state index in [9.17, 15) is 8.78 Å². The third kappa shape index (κ3) is 3.76. The summed E-state index contributed by atoms with van der Waals surface area (Å²) in [6.07, 6.45) is 1.43. The standard InChI is InChI=1S/C22H19F2N5O/c1-12-4-7-19(29-28-12)13(2)27-22-17-8-14(16-6-5-15(23)10-18(16)24)9-20(30-3)21(17)25-11-26-22/h4-11,13H,1-3H3,(H,25,26,27). The van der Waals surface area contributed by atoms with E-state index in [1.54, 1.807) is 12.1 Å². The number of aromatic nitrogens is 4. The predicted molar refractivity (Wildman–Crippen MR) is 110 cm³/mol. The van der Waals surface area contributed by atoms with Crippen LogP contribution >= 0.6 is 0 Å². The molecule has 4 aromatic rings. The summed E-state index contributed by atoms with van der Waals surface area (Å²) in [6, 6.07) is 10.5. The molecule has 2 aromatic carbocycles. The number of benzene rings is 2. The van der Waals surface area contributed by atoms with Crippen LogP contribution < -0.4 is 10.1 Å². The minimum Gasteiger partial charge on any atom is -0.494 e. The Morgan fingerprint density at radius 1 is 1.00 bits per heavy atom. The largest absolute Gasteiger partial charge is 0.494 e. The van der Waals surface area contributed by atoms with E-state index in [0.717, 1.165) is 17.5 Å². The van der Waals surface area contributed by atoms with Gasteiger partial charge in [-0.05, 0) is 55.8 Å². The van der Waals surface area contributed by atoms with Crippen molar-refractivity contribution < 1.29 is 13.5 Å². The van der Waals surface area contributed by atoms with Crippen molar-refractivity contribution in [2.75, 3.05) is 12.4 Å². The number of methoxy groups -OCH3 is 1. The lowest BCUT2D eigenvalue weighted by Gasteiger charge is -2.16. The molecule has 0 spiro atoms. The molecule has 1 atom stereocenters. The lowest BCUT2D eigenvalue weighted by Crippen LogP contribution is -2.11. The number of ether oxygens (including phenoxy) is 1. The zero-order chi connectivity index (χ0) is 21.3. The van der Waals surface area contributed by atoms with Gasteiger partial charge in [0.15, 0.2) is 0 Å². The van der Waals surface area contributed by atoms with Crippen LogP contribution in [0.1, 0.15) is 24.4 Å². The molecule has 2 heterocycles. The number of rotatable bonds is 5. The van der Waals surface area contributed by atoms with Gasteiger partial charge in [-0.3, -0.25) is 0 Å². The van der Waals surface area contributed by atoms with Gasteiger partial charge in [-0.2, -0.15) is 10.2 Å². The first kappa shape index (κ1) is 19.6. The van der Waals surface area contributed by atoms with Crippen LogP contribution in [0.2, 0.25) is 0 Å². The van der Waals surface area contributed by atoms with Crippen molar-refractivity contribution in [2.24, 2.45) is 0 Å². The SMILES string of the molecule is COc1cc(-c2ccc(F)cc2F)cc2c(NC(C)c3ccc(C)nn3)ncnc12. The van der Waals surface area contributed by atoms with E-state index in [1.165, 1.54) is 25.6 Å². The van der Waals surface area contributed by atoms with Crippen molar-refractivity contribution in [3.8, 4) is 16.9 Å². The molecular weight excluding hydrogens is 388 g/mol. The summed E-state index contributed by atoms with van der Waals surface area (Å²) >= 11 is 0. The van der Waals surface area contributed by atoms with Crippen molar-refractivity contribution in [1.82, 2.24) is 20.2 Å². The second kappa shape index (κ2) is 7.98. The second-order valence-corrected chi connectivity index (χ2v) is 6.89. The lowest BCUT2D eigenvalue weighted by molar-refractivity contribution is 0.419. The highest BCUT2D eigenvalue weighted by atomic mass is 19.1. The first-order valence-corrected chi connectivity index (χ1v) is 9.31. The Labute approximate surface area is 172 Å². The van der Waals surface area contributed by atoms with E-state index in [1.807, 2.05) is 26.0 Å². The van der Waals surface area contributed by atoms with E-state index in [4.69, 9.17) is 4.74 Å². The highest BCUT2D eigenvalue weighted by Gasteiger charge is 2.16. The van der Waals surface area contributed by atoms with Crippen molar-refractivity contribution in [3.63, 3.8) is 0 Å². The number of aryl methyl sites for hydroxylation is 1. The predicted octanol–water partition coefficient (Wildman–Crippen LogP) is 4.86. The monoisotopic (exact) mass is 407 g/mol. The maximum atomic E-state index is 14.4. The van der Waals surface area contributed by atoms with Crippen LogP contribution in [0.5, 0.6) is 5.75 Å². The molecular formula is C22H19F2N5O. The van der Waals surface area contributed by atoms with Crippen molar-refractivity contribution in [2.45, 2.75) is 19.9 Å². The van der Waals surface area contributed by atoms with Gasteiger partial charge in [0, 0.05) is 17.0 Å². The molecule has 0 bridgehead atoms. The second-order valence-electron chi connectivity index (χ2n) is 6.89. The van der Waals surface area contributed by atoms with Gasteiger partial charge in [0.1, 0.15) is 35.0 Å². The molecule has 0 saturated carbocycles. The number of anilines is 1. The summed E-state index contributed by atoms with van der Waals surface area (Å²) in [5.41, 5.74) is 2.93. The van der Waals surface area contributed by atoms with E-state index in [-0.39, 0.29) is 11.6 Å². The Balaban J connectivity index is 1.81. The number of hydrogen-bond donors (Lipinski definition) is 1. The van der Waals surface area contributed by atoms with Gasteiger partial charge in [0.2, 0.25) is 0 Å². The summed E-state index contributed by atoms with van der Waals surface area (Å²) in [6.45, 7) is 3.81. The average Bonchev–Trinajstić information content (AvgIpc) is 2.73. The Kier molecular flexibility index (Phi) is 5.22. The first-order valence-electron chi connectivity index (χ1n) is 9.31.